The SMILES string of the molecule is FC(F)(F)Oc1cccc(-c2cnn3ccc(Cl)nc23)c1. The maximum atomic E-state index is 12.3. The Morgan fingerprint density at radius 2 is 2.00 bits per heavy atom. The van der Waals surface area contributed by atoms with Gasteiger partial charge in [-0.25, -0.2) is 9.50 Å². The lowest BCUT2D eigenvalue weighted by molar-refractivity contribution is -0.274. The quantitative estimate of drug-likeness (QED) is 0.673. The van der Waals surface area contributed by atoms with Crippen LogP contribution in [0.15, 0.2) is 42.7 Å². The summed E-state index contributed by atoms with van der Waals surface area (Å²) in [5.74, 6) is -0.304. The highest BCUT2D eigenvalue weighted by Crippen LogP contribution is 2.29. The Morgan fingerprint density at radius 1 is 1.19 bits per heavy atom. The molecule has 21 heavy (non-hydrogen) atoms. The van der Waals surface area contributed by atoms with Gasteiger partial charge in [-0.3, -0.25) is 0 Å². The largest absolute Gasteiger partial charge is 0.573 e. The zero-order valence-corrected chi connectivity index (χ0v) is 11.1. The van der Waals surface area contributed by atoms with Crippen molar-refractivity contribution >= 4 is 17.2 Å². The van der Waals surface area contributed by atoms with Gasteiger partial charge in [-0.05, 0) is 23.8 Å². The van der Waals surface area contributed by atoms with Gasteiger partial charge in [0.25, 0.3) is 0 Å². The zero-order valence-electron chi connectivity index (χ0n) is 10.3. The molecule has 0 aliphatic heterocycles. The van der Waals surface area contributed by atoms with Crippen molar-refractivity contribution in [3.63, 3.8) is 0 Å². The Hall–Kier alpha value is -2.28. The van der Waals surface area contributed by atoms with Gasteiger partial charge in [0.2, 0.25) is 0 Å². The summed E-state index contributed by atoms with van der Waals surface area (Å²) in [6, 6.07) is 7.16. The van der Waals surface area contributed by atoms with Gasteiger partial charge in [0.15, 0.2) is 5.65 Å². The van der Waals surface area contributed by atoms with Gasteiger partial charge >= 0.3 is 6.36 Å². The van der Waals surface area contributed by atoms with Gasteiger partial charge in [0.1, 0.15) is 10.9 Å². The van der Waals surface area contributed by atoms with E-state index in [-0.39, 0.29) is 10.9 Å². The molecule has 0 N–H and O–H groups in total. The highest BCUT2D eigenvalue weighted by molar-refractivity contribution is 6.29. The van der Waals surface area contributed by atoms with Crippen LogP contribution in [0.25, 0.3) is 16.8 Å². The number of aromatic nitrogens is 3. The summed E-state index contributed by atoms with van der Waals surface area (Å²) in [4.78, 5) is 4.12. The summed E-state index contributed by atoms with van der Waals surface area (Å²) < 4.78 is 42.1. The second-order valence-corrected chi connectivity index (χ2v) is 4.54. The molecule has 1 aromatic carbocycles. The monoisotopic (exact) mass is 313 g/mol. The normalized spacial score (nSPS) is 11.8. The van der Waals surface area contributed by atoms with Gasteiger partial charge in [-0.2, -0.15) is 5.10 Å². The number of fused-ring (bicyclic) bond motifs is 1. The molecule has 4 nitrogen and oxygen atoms in total. The van der Waals surface area contributed by atoms with Crippen molar-refractivity contribution < 1.29 is 17.9 Å². The van der Waals surface area contributed by atoms with Gasteiger partial charge < -0.3 is 4.74 Å². The Balaban J connectivity index is 2.06. The van der Waals surface area contributed by atoms with Crippen LogP contribution in [0.5, 0.6) is 5.75 Å². The molecule has 0 atom stereocenters. The van der Waals surface area contributed by atoms with Crippen LogP contribution in [0.4, 0.5) is 13.2 Å². The summed E-state index contributed by atoms with van der Waals surface area (Å²) in [7, 11) is 0. The van der Waals surface area contributed by atoms with Crippen molar-refractivity contribution in [2.24, 2.45) is 0 Å². The van der Waals surface area contributed by atoms with E-state index in [1.807, 2.05) is 0 Å². The van der Waals surface area contributed by atoms with E-state index in [1.54, 1.807) is 18.3 Å². The molecule has 0 amide bonds. The van der Waals surface area contributed by atoms with Crippen molar-refractivity contribution in [3.8, 4) is 16.9 Å². The fourth-order valence-electron chi connectivity index (χ4n) is 1.91. The minimum atomic E-state index is -4.73. The van der Waals surface area contributed by atoms with E-state index in [0.29, 0.717) is 16.8 Å². The Kier molecular flexibility index (Phi) is 3.21. The molecule has 0 fully saturated rings. The topological polar surface area (TPSA) is 39.4 Å². The van der Waals surface area contributed by atoms with E-state index in [9.17, 15) is 13.2 Å². The fraction of sp³-hybridized carbons (Fsp3) is 0.0769. The summed E-state index contributed by atoms with van der Waals surface area (Å²) in [5.41, 5.74) is 1.51. The highest BCUT2D eigenvalue weighted by atomic mass is 35.5. The van der Waals surface area contributed by atoms with E-state index < -0.39 is 6.36 Å². The number of ether oxygens (including phenoxy) is 1. The fourth-order valence-corrected chi connectivity index (χ4v) is 2.05. The molecule has 0 saturated carbocycles. The molecule has 108 valence electrons. The number of hydrogen-bond donors (Lipinski definition) is 0. The Labute approximate surface area is 121 Å². The summed E-state index contributed by atoms with van der Waals surface area (Å²) in [5, 5.41) is 4.34. The number of hydrogen-bond acceptors (Lipinski definition) is 3. The zero-order chi connectivity index (χ0) is 15.0. The van der Waals surface area contributed by atoms with E-state index in [4.69, 9.17) is 11.6 Å². The number of benzene rings is 1. The van der Waals surface area contributed by atoms with E-state index in [0.717, 1.165) is 0 Å². The lowest BCUT2D eigenvalue weighted by atomic mass is 10.1. The average Bonchev–Trinajstić information content (AvgIpc) is 2.80. The third-order valence-electron chi connectivity index (χ3n) is 2.71. The van der Waals surface area contributed by atoms with Crippen LogP contribution in [0, 0.1) is 0 Å². The molecule has 0 bridgehead atoms. The molecule has 0 saturated heterocycles. The molecule has 2 aromatic heterocycles. The van der Waals surface area contributed by atoms with Crippen molar-refractivity contribution in [1.29, 1.82) is 0 Å². The minimum Gasteiger partial charge on any atom is -0.406 e. The molecule has 8 heteroatoms. The summed E-state index contributed by atoms with van der Waals surface area (Å²) in [6.45, 7) is 0. The molecular formula is C13H7ClF3N3O. The highest BCUT2D eigenvalue weighted by Gasteiger charge is 2.31. The van der Waals surface area contributed by atoms with Crippen LogP contribution >= 0.6 is 11.6 Å². The number of rotatable bonds is 2. The van der Waals surface area contributed by atoms with Gasteiger partial charge in [-0.1, -0.05) is 23.7 Å². The van der Waals surface area contributed by atoms with Crippen LogP contribution in [-0.2, 0) is 0 Å². The molecule has 3 rings (SSSR count). The van der Waals surface area contributed by atoms with E-state index in [2.05, 4.69) is 14.8 Å². The van der Waals surface area contributed by atoms with Gasteiger partial charge in [-0.15, -0.1) is 13.2 Å². The maximum absolute atomic E-state index is 12.3. The molecule has 0 aliphatic rings. The molecule has 0 radical (unpaired) electrons. The summed E-state index contributed by atoms with van der Waals surface area (Å²) in [6.07, 6.45) is -1.61. The second kappa shape index (κ2) is 4.92. The number of alkyl halides is 3. The molecule has 0 spiro atoms. The lowest BCUT2D eigenvalue weighted by Gasteiger charge is -2.09. The van der Waals surface area contributed by atoms with Crippen molar-refractivity contribution in [3.05, 3.63) is 47.9 Å². The van der Waals surface area contributed by atoms with Crippen LogP contribution in [0.3, 0.4) is 0 Å². The predicted molar refractivity (Wildman–Crippen MR) is 70.1 cm³/mol. The minimum absolute atomic E-state index is 0.270. The smallest absolute Gasteiger partial charge is 0.406 e. The van der Waals surface area contributed by atoms with Gasteiger partial charge in [0.05, 0.1) is 6.20 Å². The van der Waals surface area contributed by atoms with Crippen LogP contribution < -0.4 is 4.74 Å². The molecule has 0 aliphatic carbocycles. The molecular weight excluding hydrogens is 307 g/mol. The van der Waals surface area contributed by atoms with Gasteiger partial charge in [0, 0.05) is 11.8 Å². The lowest BCUT2D eigenvalue weighted by Crippen LogP contribution is -2.17. The van der Waals surface area contributed by atoms with E-state index in [1.165, 1.54) is 28.9 Å². The first-order valence-corrected chi connectivity index (χ1v) is 6.16. The van der Waals surface area contributed by atoms with Crippen LogP contribution in [0.2, 0.25) is 5.15 Å². The second-order valence-electron chi connectivity index (χ2n) is 4.15. The third-order valence-corrected chi connectivity index (χ3v) is 2.92. The molecule has 2 heterocycles. The summed E-state index contributed by atoms with van der Waals surface area (Å²) >= 11 is 5.83. The standard InChI is InChI=1S/C13H7ClF3N3O/c14-11-4-5-20-12(19-11)10(7-18-20)8-2-1-3-9(6-8)21-13(15,16)17/h1-7H. The first kappa shape index (κ1) is 13.7. The van der Waals surface area contributed by atoms with Crippen molar-refractivity contribution in [2.45, 2.75) is 6.36 Å². The Morgan fingerprint density at radius 3 is 2.76 bits per heavy atom. The number of halogens is 4. The third kappa shape index (κ3) is 2.92. The molecule has 0 unspecified atom stereocenters. The van der Waals surface area contributed by atoms with Crippen LogP contribution in [-0.4, -0.2) is 21.0 Å². The maximum Gasteiger partial charge on any atom is 0.573 e. The Bertz CT molecular complexity index is 801. The van der Waals surface area contributed by atoms with E-state index >= 15 is 0 Å². The average molecular weight is 314 g/mol. The van der Waals surface area contributed by atoms with Crippen molar-refractivity contribution in [2.75, 3.05) is 0 Å². The number of nitrogens with zero attached hydrogens (tertiary/aromatic N) is 3. The predicted octanol–water partition coefficient (Wildman–Crippen LogP) is 3.95. The first-order chi connectivity index (χ1) is 9.92. The van der Waals surface area contributed by atoms with Crippen LogP contribution in [0.1, 0.15) is 0 Å². The first-order valence-electron chi connectivity index (χ1n) is 5.78. The van der Waals surface area contributed by atoms with Crippen molar-refractivity contribution in [1.82, 2.24) is 14.6 Å². The molecule has 3 aromatic rings.